The molecule has 144 valence electrons. The molecule has 0 aromatic carbocycles. The Balaban J connectivity index is 1.72. The molecule has 9 heteroatoms. The van der Waals surface area contributed by atoms with E-state index in [4.69, 9.17) is 10.3 Å². The van der Waals surface area contributed by atoms with E-state index in [-0.39, 0.29) is 12.8 Å². The topological polar surface area (TPSA) is 74.1 Å². The summed E-state index contributed by atoms with van der Waals surface area (Å²) in [6, 6.07) is 5.37. The zero-order chi connectivity index (χ0) is 18.8. The monoisotopic (exact) mass is 371 g/mol. The van der Waals surface area contributed by atoms with Gasteiger partial charge < -0.3 is 9.64 Å². The van der Waals surface area contributed by atoms with Crippen LogP contribution in [0.1, 0.15) is 38.5 Å². The molecule has 2 rings (SSSR count). The van der Waals surface area contributed by atoms with Gasteiger partial charge in [-0.25, -0.2) is 0 Å². The van der Waals surface area contributed by atoms with Crippen molar-refractivity contribution in [2.24, 2.45) is 11.0 Å². The number of aromatic nitrogens is 1. The predicted octanol–water partition coefficient (Wildman–Crippen LogP) is 5.11. The summed E-state index contributed by atoms with van der Waals surface area (Å²) in [5.41, 5.74) is 8.18. The van der Waals surface area contributed by atoms with Gasteiger partial charge in [-0.2, -0.15) is 18.2 Å². The number of rotatable bonds is 9. The van der Waals surface area contributed by atoms with Crippen LogP contribution in [0.2, 0.25) is 0 Å². The number of ether oxygens (including phenoxy) is 1. The zero-order valence-corrected chi connectivity index (χ0v) is 14.7. The van der Waals surface area contributed by atoms with Gasteiger partial charge in [-0.15, -0.1) is 0 Å². The van der Waals surface area contributed by atoms with E-state index in [0.29, 0.717) is 37.9 Å². The molecule has 0 bridgehead atoms. The van der Waals surface area contributed by atoms with Crippen LogP contribution in [0.4, 0.5) is 19.0 Å². The Bertz CT molecular complexity index is 596. The Morgan fingerprint density at radius 3 is 2.62 bits per heavy atom. The normalized spacial score (nSPS) is 15.6. The van der Waals surface area contributed by atoms with Gasteiger partial charge in [0.05, 0.1) is 12.5 Å². The van der Waals surface area contributed by atoms with Crippen LogP contribution in [0.15, 0.2) is 23.3 Å². The average molecular weight is 371 g/mol. The maximum Gasteiger partial charge on any atom is 0.391 e. The van der Waals surface area contributed by atoms with E-state index in [2.05, 4.69) is 15.0 Å². The molecule has 1 aliphatic rings. The van der Waals surface area contributed by atoms with Crippen molar-refractivity contribution >= 4 is 5.82 Å². The minimum Gasteiger partial charge on any atom is -0.478 e. The lowest BCUT2D eigenvalue weighted by molar-refractivity contribution is -0.179. The number of nitrogens with zero attached hydrogens (tertiary/aromatic N) is 5. The molecular formula is C17H24F3N5O. The lowest BCUT2D eigenvalue weighted by atomic mass is 9.96. The van der Waals surface area contributed by atoms with Crippen molar-refractivity contribution in [3.8, 4) is 5.88 Å². The Hall–Kier alpha value is -2.15. The number of piperidine rings is 1. The maximum atomic E-state index is 12.7. The van der Waals surface area contributed by atoms with Crippen molar-refractivity contribution in [1.29, 1.82) is 0 Å². The molecule has 0 N–H and O–H groups in total. The van der Waals surface area contributed by atoms with Crippen LogP contribution in [0, 0.1) is 5.92 Å². The number of azide groups is 1. The number of anilines is 1. The van der Waals surface area contributed by atoms with Gasteiger partial charge in [0, 0.05) is 30.6 Å². The SMILES string of the molecule is [N-]=[N+]=NCCCCCCOc1cccc(N2CCC(C(F)(F)F)CC2)n1. The molecule has 1 aromatic heterocycles. The third-order valence-electron chi connectivity index (χ3n) is 4.46. The molecule has 0 saturated carbocycles. The highest BCUT2D eigenvalue weighted by molar-refractivity contribution is 5.41. The third kappa shape index (κ3) is 6.63. The predicted molar refractivity (Wildman–Crippen MR) is 93.2 cm³/mol. The summed E-state index contributed by atoms with van der Waals surface area (Å²) >= 11 is 0. The molecule has 6 nitrogen and oxygen atoms in total. The first-order chi connectivity index (χ1) is 12.5. The molecule has 2 heterocycles. The fourth-order valence-corrected chi connectivity index (χ4v) is 2.96. The largest absolute Gasteiger partial charge is 0.478 e. The second-order valence-corrected chi connectivity index (χ2v) is 6.35. The molecule has 1 saturated heterocycles. The Labute approximate surface area is 151 Å². The second kappa shape index (κ2) is 10.1. The van der Waals surface area contributed by atoms with Gasteiger partial charge in [0.2, 0.25) is 5.88 Å². The van der Waals surface area contributed by atoms with Crippen LogP contribution in [0.25, 0.3) is 10.4 Å². The average Bonchev–Trinajstić information content (AvgIpc) is 2.63. The first-order valence-corrected chi connectivity index (χ1v) is 8.93. The van der Waals surface area contributed by atoms with Crippen LogP contribution in [-0.2, 0) is 0 Å². The molecule has 26 heavy (non-hydrogen) atoms. The number of unbranched alkanes of at least 4 members (excludes halogenated alkanes) is 3. The summed E-state index contributed by atoms with van der Waals surface area (Å²) in [6.45, 7) is 1.76. The Kier molecular flexibility index (Phi) is 7.84. The van der Waals surface area contributed by atoms with Gasteiger partial charge in [0.15, 0.2) is 0 Å². The van der Waals surface area contributed by atoms with Crippen LogP contribution in [-0.4, -0.2) is 37.4 Å². The highest BCUT2D eigenvalue weighted by Gasteiger charge is 2.41. The number of hydrogen-bond acceptors (Lipinski definition) is 4. The van der Waals surface area contributed by atoms with Gasteiger partial charge >= 0.3 is 6.18 Å². The molecule has 0 atom stereocenters. The Morgan fingerprint density at radius 2 is 1.92 bits per heavy atom. The molecule has 0 aliphatic carbocycles. The van der Waals surface area contributed by atoms with Crippen LogP contribution < -0.4 is 9.64 Å². The van der Waals surface area contributed by atoms with Crippen LogP contribution >= 0.6 is 0 Å². The molecule has 0 radical (unpaired) electrons. The highest BCUT2D eigenvalue weighted by atomic mass is 19.4. The van der Waals surface area contributed by atoms with Crippen molar-refractivity contribution < 1.29 is 17.9 Å². The van der Waals surface area contributed by atoms with Crippen LogP contribution in [0.5, 0.6) is 5.88 Å². The van der Waals surface area contributed by atoms with E-state index in [1.165, 1.54) is 0 Å². The van der Waals surface area contributed by atoms with Crippen molar-refractivity contribution in [3.63, 3.8) is 0 Å². The van der Waals surface area contributed by atoms with Crippen LogP contribution in [0.3, 0.4) is 0 Å². The minimum absolute atomic E-state index is 0.103. The van der Waals surface area contributed by atoms with E-state index in [1.807, 2.05) is 11.0 Å². The van der Waals surface area contributed by atoms with Crippen molar-refractivity contribution in [1.82, 2.24) is 4.98 Å². The first kappa shape index (κ1) is 20.2. The van der Waals surface area contributed by atoms with Gasteiger partial charge in [0.25, 0.3) is 0 Å². The van der Waals surface area contributed by atoms with Crippen molar-refractivity contribution in [3.05, 3.63) is 28.6 Å². The molecular weight excluding hydrogens is 347 g/mol. The summed E-state index contributed by atoms with van der Waals surface area (Å²) in [5.74, 6) is -0.0518. The molecule has 1 fully saturated rings. The van der Waals surface area contributed by atoms with E-state index < -0.39 is 12.1 Å². The quantitative estimate of drug-likeness (QED) is 0.262. The first-order valence-electron chi connectivity index (χ1n) is 8.93. The zero-order valence-electron chi connectivity index (χ0n) is 14.7. The van der Waals surface area contributed by atoms with Gasteiger partial charge in [-0.1, -0.05) is 24.0 Å². The summed E-state index contributed by atoms with van der Waals surface area (Å²) < 4.78 is 43.9. The second-order valence-electron chi connectivity index (χ2n) is 6.35. The maximum absolute atomic E-state index is 12.7. The number of alkyl halides is 3. The van der Waals surface area contributed by atoms with Gasteiger partial charge in [-0.05, 0) is 37.3 Å². The molecule has 1 aromatic rings. The summed E-state index contributed by atoms with van der Waals surface area (Å²) in [4.78, 5) is 8.99. The van der Waals surface area contributed by atoms with Gasteiger partial charge in [-0.3, -0.25) is 0 Å². The fourth-order valence-electron chi connectivity index (χ4n) is 2.96. The molecule has 1 aliphatic heterocycles. The smallest absolute Gasteiger partial charge is 0.391 e. The highest BCUT2D eigenvalue weighted by Crippen LogP contribution is 2.35. The lowest BCUT2D eigenvalue weighted by Crippen LogP contribution is -2.39. The van der Waals surface area contributed by atoms with E-state index in [1.54, 1.807) is 12.1 Å². The summed E-state index contributed by atoms with van der Waals surface area (Å²) in [5, 5.41) is 3.48. The van der Waals surface area contributed by atoms with E-state index in [9.17, 15) is 13.2 Å². The lowest BCUT2D eigenvalue weighted by Gasteiger charge is -2.33. The fraction of sp³-hybridized carbons (Fsp3) is 0.706. The standard InChI is InChI=1S/C17H24F3N5O/c18-17(19,20)14-8-11-25(12-9-14)15-6-5-7-16(23-15)26-13-4-2-1-3-10-22-24-21/h5-7,14H,1-4,8-13H2. The minimum atomic E-state index is -4.11. The van der Waals surface area contributed by atoms with Crippen molar-refractivity contribution in [2.75, 3.05) is 31.1 Å². The number of hydrogen-bond donors (Lipinski definition) is 0. The Morgan fingerprint density at radius 1 is 1.19 bits per heavy atom. The third-order valence-corrected chi connectivity index (χ3v) is 4.46. The number of pyridine rings is 1. The van der Waals surface area contributed by atoms with E-state index >= 15 is 0 Å². The molecule has 0 spiro atoms. The summed E-state index contributed by atoms with van der Waals surface area (Å²) in [6.07, 6.45) is -0.204. The number of halogens is 3. The summed E-state index contributed by atoms with van der Waals surface area (Å²) in [7, 11) is 0. The van der Waals surface area contributed by atoms with E-state index in [0.717, 1.165) is 25.7 Å². The molecule has 0 amide bonds. The molecule has 0 unspecified atom stereocenters. The van der Waals surface area contributed by atoms with Gasteiger partial charge in [0.1, 0.15) is 5.82 Å². The van der Waals surface area contributed by atoms with Crippen molar-refractivity contribution in [2.45, 2.75) is 44.7 Å².